The van der Waals surface area contributed by atoms with Crippen LogP contribution in [0.15, 0.2) is 48.8 Å². The number of benzene rings is 1. The van der Waals surface area contributed by atoms with Crippen molar-refractivity contribution in [1.82, 2.24) is 9.88 Å². The summed E-state index contributed by atoms with van der Waals surface area (Å²) in [6.45, 7) is 3.08. The van der Waals surface area contributed by atoms with Crippen molar-refractivity contribution in [3.05, 3.63) is 65.5 Å². The lowest BCUT2D eigenvalue weighted by Gasteiger charge is -2.35. The number of nitrogens with zero attached hydrogens (tertiary/aromatic N) is 2. The van der Waals surface area contributed by atoms with Crippen LogP contribution in [0, 0.1) is 6.92 Å². The van der Waals surface area contributed by atoms with Crippen molar-refractivity contribution in [3.8, 4) is 0 Å². The van der Waals surface area contributed by atoms with Gasteiger partial charge in [0.25, 0.3) is 0 Å². The van der Waals surface area contributed by atoms with Crippen molar-refractivity contribution in [2.24, 2.45) is 0 Å². The van der Waals surface area contributed by atoms with Gasteiger partial charge in [0.2, 0.25) is 0 Å². The minimum absolute atomic E-state index is 0.0689. The SMILES string of the molecule is Cc1cncc(C2CCCCN2C(=O)OCc2ccccc2)c1. The van der Waals surface area contributed by atoms with Gasteiger partial charge in [-0.25, -0.2) is 4.79 Å². The molecule has 2 heterocycles. The number of ether oxygens (including phenoxy) is 1. The monoisotopic (exact) mass is 310 g/mol. The molecule has 1 aromatic heterocycles. The molecule has 1 unspecified atom stereocenters. The van der Waals surface area contributed by atoms with Gasteiger partial charge in [-0.3, -0.25) is 4.98 Å². The molecule has 4 heteroatoms. The largest absolute Gasteiger partial charge is 0.445 e. The topological polar surface area (TPSA) is 42.4 Å². The van der Waals surface area contributed by atoms with Gasteiger partial charge in [0, 0.05) is 18.9 Å². The van der Waals surface area contributed by atoms with Gasteiger partial charge in [-0.1, -0.05) is 36.4 Å². The molecule has 1 amide bonds. The molecule has 0 radical (unpaired) electrons. The zero-order valence-corrected chi connectivity index (χ0v) is 13.4. The lowest BCUT2D eigenvalue weighted by Crippen LogP contribution is -2.38. The van der Waals surface area contributed by atoms with Crippen LogP contribution < -0.4 is 0 Å². The van der Waals surface area contributed by atoms with E-state index in [-0.39, 0.29) is 12.1 Å². The number of hydrogen-bond acceptors (Lipinski definition) is 3. The summed E-state index contributed by atoms with van der Waals surface area (Å²) in [5, 5.41) is 0. The molecule has 1 aromatic carbocycles. The van der Waals surface area contributed by atoms with Gasteiger partial charge in [0.15, 0.2) is 0 Å². The number of pyridine rings is 1. The van der Waals surface area contributed by atoms with Crippen LogP contribution in [-0.4, -0.2) is 22.5 Å². The minimum Gasteiger partial charge on any atom is -0.445 e. The van der Waals surface area contributed by atoms with Crippen LogP contribution in [0.5, 0.6) is 0 Å². The molecular formula is C19H22N2O2. The van der Waals surface area contributed by atoms with Crippen LogP contribution in [0.2, 0.25) is 0 Å². The van der Waals surface area contributed by atoms with Crippen molar-refractivity contribution >= 4 is 6.09 Å². The Bertz CT molecular complexity index is 657. The van der Waals surface area contributed by atoms with E-state index in [9.17, 15) is 4.79 Å². The quantitative estimate of drug-likeness (QED) is 0.851. The Balaban J connectivity index is 1.69. The first kappa shape index (κ1) is 15.5. The summed E-state index contributed by atoms with van der Waals surface area (Å²) >= 11 is 0. The Hall–Kier alpha value is -2.36. The Morgan fingerprint density at radius 2 is 2.09 bits per heavy atom. The molecular weight excluding hydrogens is 288 g/mol. The molecule has 0 aliphatic carbocycles. The molecule has 3 rings (SSSR count). The van der Waals surface area contributed by atoms with Crippen molar-refractivity contribution in [2.45, 2.75) is 38.8 Å². The Morgan fingerprint density at radius 3 is 2.87 bits per heavy atom. The van der Waals surface area contributed by atoms with E-state index < -0.39 is 0 Å². The third-order valence-corrected chi connectivity index (χ3v) is 4.22. The number of carbonyl (C=O) groups excluding carboxylic acids is 1. The zero-order chi connectivity index (χ0) is 16.1. The Labute approximate surface area is 137 Å². The van der Waals surface area contributed by atoms with Crippen LogP contribution in [-0.2, 0) is 11.3 Å². The van der Waals surface area contributed by atoms with Gasteiger partial charge in [-0.2, -0.15) is 0 Å². The van der Waals surface area contributed by atoms with E-state index in [1.807, 2.05) is 54.5 Å². The second-order valence-corrected chi connectivity index (χ2v) is 6.04. The molecule has 0 saturated carbocycles. The van der Waals surface area contributed by atoms with Crippen molar-refractivity contribution in [1.29, 1.82) is 0 Å². The summed E-state index contributed by atoms with van der Waals surface area (Å²) < 4.78 is 5.52. The molecule has 1 saturated heterocycles. The highest BCUT2D eigenvalue weighted by molar-refractivity contribution is 5.68. The summed E-state index contributed by atoms with van der Waals surface area (Å²) in [6.07, 6.45) is 6.58. The maximum atomic E-state index is 12.5. The highest BCUT2D eigenvalue weighted by atomic mass is 16.6. The lowest BCUT2D eigenvalue weighted by atomic mass is 9.96. The minimum atomic E-state index is -0.236. The molecule has 0 N–H and O–H groups in total. The fraction of sp³-hybridized carbons (Fsp3) is 0.368. The molecule has 1 aliphatic rings. The molecule has 23 heavy (non-hydrogen) atoms. The zero-order valence-electron chi connectivity index (χ0n) is 13.4. The molecule has 1 fully saturated rings. The summed E-state index contributed by atoms with van der Waals surface area (Å²) in [5.74, 6) is 0. The van der Waals surface area contributed by atoms with E-state index in [4.69, 9.17) is 4.74 Å². The molecule has 4 nitrogen and oxygen atoms in total. The van der Waals surface area contributed by atoms with Crippen molar-refractivity contribution in [2.75, 3.05) is 6.54 Å². The van der Waals surface area contributed by atoms with Crippen molar-refractivity contribution in [3.63, 3.8) is 0 Å². The second-order valence-electron chi connectivity index (χ2n) is 6.04. The van der Waals surface area contributed by atoms with E-state index in [1.54, 1.807) is 0 Å². The summed E-state index contributed by atoms with van der Waals surface area (Å²) in [4.78, 5) is 18.6. The maximum Gasteiger partial charge on any atom is 0.410 e. The number of hydrogen-bond donors (Lipinski definition) is 0. The van der Waals surface area contributed by atoms with Crippen LogP contribution in [0.25, 0.3) is 0 Å². The standard InChI is InChI=1S/C19H22N2O2/c1-15-11-17(13-20-12-15)18-9-5-6-10-21(18)19(22)23-14-16-7-3-2-4-8-16/h2-4,7-8,11-13,18H,5-6,9-10,14H2,1H3. The summed E-state index contributed by atoms with van der Waals surface area (Å²) in [7, 11) is 0. The number of rotatable bonds is 3. The van der Waals surface area contributed by atoms with Gasteiger partial charge in [-0.15, -0.1) is 0 Å². The van der Waals surface area contributed by atoms with Gasteiger partial charge >= 0.3 is 6.09 Å². The predicted molar refractivity (Wildman–Crippen MR) is 88.9 cm³/mol. The van der Waals surface area contributed by atoms with Crippen LogP contribution in [0.3, 0.4) is 0 Å². The van der Waals surface area contributed by atoms with E-state index >= 15 is 0 Å². The summed E-state index contributed by atoms with van der Waals surface area (Å²) in [6, 6.07) is 12.0. The highest BCUT2D eigenvalue weighted by Gasteiger charge is 2.29. The molecule has 0 bridgehead atoms. The normalized spacial score (nSPS) is 17.8. The van der Waals surface area contributed by atoms with Crippen LogP contribution in [0.1, 0.15) is 42.0 Å². The summed E-state index contributed by atoms with van der Waals surface area (Å²) in [5.41, 5.74) is 3.22. The van der Waals surface area contributed by atoms with Gasteiger partial charge in [0.05, 0.1) is 6.04 Å². The molecule has 1 aliphatic heterocycles. The lowest BCUT2D eigenvalue weighted by molar-refractivity contribution is 0.0678. The van der Waals surface area contributed by atoms with E-state index in [1.165, 1.54) is 0 Å². The van der Waals surface area contributed by atoms with Crippen LogP contribution >= 0.6 is 0 Å². The predicted octanol–water partition coefficient (Wildman–Crippen LogP) is 4.25. The Morgan fingerprint density at radius 1 is 1.26 bits per heavy atom. The number of aryl methyl sites for hydroxylation is 1. The average molecular weight is 310 g/mol. The van der Waals surface area contributed by atoms with E-state index in [0.29, 0.717) is 6.61 Å². The first-order chi connectivity index (χ1) is 11.2. The number of piperidine rings is 1. The highest BCUT2D eigenvalue weighted by Crippen LogP contribution is 2.31. The first-order valence-electron chi connectivity index (χ1n) is 8.13. The van der Waals surface area contributed by atoms with E-state index in [0.717, 1.165) is 42.5 Å². The van der Waals surface area contributed by atoms with Crippen molar-refractivity contribution < 1.29 is 9.53 Å². The molecule has 1 atom stereocenters. The van der Waals surface area contributed by atoms with Gasteiger partial charge < -0.3 is 9.64 Å². The molecule has 0 spiro atoms. The third kappa shape index (κ3) is 3.89. The van der Waals surface area contributed by atoms with Gasteiger partial charge in [0.1, 0.15) is 6.61 Å². The average Bonchev–Trinajstić information content (AvgIpc) is 2.60. The molecule has 120 valence electrons. The second kappa shape index (κ2) is 7.27. The number of amides is 1. The number of carbonyl (C=O) groups is 1. The van der Waals surface area contributed by atoms with Crippen LogP contribution in [0.4, 0.5) is 4.79 Å². The Kier molecular flexibility index (Phi) is 4.91. The fourth-order valence-corrected chi connectivity index (χ4v) is 3.06. The van der Waals surface area contributed by atoms with E-state index in [2.05, 4.69) is 11.1 Å². The third-order valence-electron chi connectivity index (χ3n) is 4.22. The fourth-order valence-electron chi connectivity index (χ4n) is 3.06. The number of aromatic nitrogens is 1. The molecule has 2 aromatic rings. The van der Waals surface area contributed by atoms with Gasteiger partial charge in [-0.05, 0) is 42.9 Å². The smallest absolute Gasteiger partial charge is 0.410 e. The maximum absolute atomic E-state index is 12.5. The number of likely N-dealkylation sites (tertiary alicyclic amines) is 1. The first-order valence-corrected chi connectivity index (χ1v) is 8.13.